The molecule has 0 amide bonds. The maximum Gasteiger partial charge on any atom is 0.287 e. The second kappa shape index (κ2) is 12.8. The number of aliphatic hydroxyl groups excluding tert-OH is 1. The Morgan fingerprint density at radius 1 is 0.879 bits per heavy atom. The minimum Gasteiger partial charge on any atom is -0.475 e. The summed E-state index contributed by atoms with van der Waals surface area (Å²) in [7, 11) is -1.76. The van der Waals surface area contributed by atoms with E-state index in [1.165, 1.54) is 30.5 Å². The van der Waals surface area contributed by atoms with Crippen LogP contribution in [0.15, 0.2) is 36.7 Å². The Morgan fingerprint density at radius 2 is 1.33 bits per heavy atom. The molecular weight excluding hydrogens is 452 g/mol. The largest absolute Gasteiger partial charge is 0.475 e. The molecule has 0 atom stereocenters. The van der Waals surface area contributed by atoms with E-state index in [1.54, 1.807) is 0 Å². The monoisotopic (exact) mass is 482 g/mol. The van der Waals surface area contributed by atoms with Gasteiger partial charge in [0.25, 0.3) is 11.4 Å². The number of rotatable bonds is 10. The Hall–Kier alpha value is -3.16. The molecule has 13 heteroatoms. The van der Waals surface area contributed by atoms with Gasteiger partial charge in [-0.15, -0.1) is 0 Å². The zero-order valence-corrected chi connectivity index (χ0v) is 20.4. The van der Waals surface area contributed by atoms with Gasteiger partial charge >= 0.3 is 0 Å². The van der Waals surface area contributed by atoms with E-state index >= 15 is 0 Å². The summed E-state index contributed by atoms with van der Waals surface area (Å²) in [6, 6.07) is 5.54. The minimum absolute atomic E-state index is 0.0464. The lowest BCUT2D eigenvalue weighted by Gasteiger charge is -2.36. The van der Waals surface area contributed by atoms with Gasteiger partial charge in [0.05, 0.1) is 23.1 Å². The Bertz CT molecular complexity index is 886. The highest BCUT2D eigenvalue weighted by atomic mass is 28.4. The van der Waals surface area contributed by atoms with E-state index in [2.05, 4.69) is 43.8 Å². The maximum absolute atomic E-state index is 10.5. The highest BCUT2D eigenvalue weighted by molar-refractivity contribution is 6.74. The molecule has 2 heterocycles. The van der Waals surface area contributed by atoms with Crippen LogP contribution < -0.4 is 9.47 Å². The SMILES string of the molecule is CC(C)(C)[Si](C)(C)OCCOc1ccc([N+](=O)[O-])cn1.O=[N+]([O-])c1ccc(OCCO)nc1. The Kier molecular flexibility index (Phi) is 10.8. The molecule has 12 nitrogen and oxygen atoms in total. The van der Waals surface area contributed by atoms with Crippen molar-refractivity contribution in [1.29, 1.82) is 0 Å². The van der Waals surface area contributed by atoms with Crippen molar-refractivity contribution in [2.75, 3.05) is 26.4 Å². The van der Waals surface area contributed by atoms with Crippen molar-refractivity contribution in [2.45, 2.75) is 38.9 Å². The fourth-order valence-electron chi connectivity index (χ4n) is 1.94. The number of ether oxygens (including phenoxy) is 2. The second-order valence-corrected chi connectivity index (χ2v) is 13.1. The molecular formula is C20H30N4O8Si. The highest BCUT2D eigenvalue weighted by Gasteiger charge is 2.36. The number of nitro groups is 2. The number of pyridine rings is 2. The molecule has 2 rings (SSSR count). The van der Waals surface area contributed by atoms with Crippen LogP contribution in [0.4, 0.5) is 11.4 Å². The lowest BCUT2D eigenvalue weighted by molar-refractivity contribution is -0.385. The van der Waals surface area contributed by atoms with E-state index in [4.69, 9.17) is 19.0 Å². The zero-order valence-electron chi connectivity index (χ0n) is 19.4. The topological polar surface area (TPSA) is 160 Å². The molecule has 0 saturated heterocycles. The molecule has 1 N–H and O–H groups in total. The molecule has 0 aliphatic rings. The van der Waals surface area contributed by atoms with Crippen LogP contribution in [0.3, 0.4) is 0 Å². The molecule has 0 aliphatic heterocycles. The molecule has 182 valence electrons. The fraction of sp³-hybridized carbons (Fsp3) is 0.500. The normalized spacial score (nSPS) is 11.2. The van der Waals surface area contributed by atoms with Crippen LogP contribution in [0.1, 0.15) is 20.8 Å². The molecule has 0 unspecified atom stereocenters. The number of nitrogens with zero attached hydrogens (tertiary/aromatic N) is 4. The van der Waals surface area contributed by atoms with Gasteiger partial charge in [-0.3, -0.25) is 20.2 Å². The Morgan fingerprint density at radius 3 is 1.67 bits per heavy atom. The molecule has 0 fully saturated rings. The van der Waals surface area contributed by atoms with Gasteiger partial charge in [0, 0.05) is 24.3 Å². The van der Waals surface area contributed by atoms with E-state index in [9.17, 15) is 20.2 Å². The smallest absolute Gasteiger partial charge is 0.287 e. The molecule has 0 spiro atoms. The van der Waals surface area contributed by atoms with Crippen LogP contribution in [-0.2, 0) is 4.43 Å². The number of aliphatic hydroxyl groups is 1. The predicted octanol–water partition coefficient (Wildman–Crippen LogP) is 3.75. The van der Waals surface area contributed by atoms with Crippen molar-refractivity contribution >= 4 is 19.7 Å². The van der Waals surface area contributed by atoms with Gasteiger partial charge in [0.15, 0.2) is 8.32 Å². The number of aromatic nitrogens is 2. The lowest BCUT2D eigenvalue weighted by atomic mass is 10.2. The number of hydrogen-bond acceptors (Lipinski definition) is 10. The van der Waals surface area contributed by atoms with Crippen molar-refractivity contribution in [1.82, 2.24) is 9.97 Å². The summed E-state index contributed by atoms with van der Waals surface area (Å²) in [6.07, 6.45) is 2.29. The van der Waals surface area contributed by atoms with Crippen LogP contribution in [0.5, 0.6) is 11.8 Å². The third-order valence-electron chi connectivity index (χ3n) is 4.81. The fourth-order valence-corrected chi connectivity index (χ4v) is 2.97. The van der Waals surface area contributed by atoms with Crippen LogP contribution in [0.25, 0.3) is 0 Å². The summed E-state index contributed by atoms with van der Waals surface area (Å²) >= 11 is 0. The molecule has 2 aromatic heterocycles. The molecule has 0 radical (unpaired) electrons. The average molecular weight is 483 g/mol. The van der Waals surface area contributed by atoms with Crippen LogP contribution >= 0.6 is 0 Å². The van der Waals surface area contributed by atoms with Crippen molar-refractivity contribution in [3.63, 3.8) is 0 Å². The van der Waals surface area contributed by atoms with Gasteiger partial charge in [-0.05, 0) is 18.1 Å². The lowest BCUT2D eigenvalue weighted by Crippen LogP contribution is -2.41. The van der Waals surface area contributed by atoms with Crippen molar-refractivity contribution < 1.29 is 28.9 Å². The summed E-state index contributed by atoms with van der Waals surface area (Å²) in [4.78, 5) is 27.2. The highest BCUT2D eigenvalue weighted by Crippen LogP contribution is 2.36. The van der Waals surface area contributed by atoms with E-state index in [1.807, 2.05) is 0 Å². The summed E-state index contributed by atoms with van der Waals surface area (Å²) in [5.41, 5.74) is -0.133. The molecule has 33 heavy (non-hydrogen) atoms. The Balaban J connectivity index is 0.000000361. The first-order chi connectivity index (χ1) is 15.4. The molecule has 0 bridgehead atoms. The number of hydrogen-bond donors (Lipinski definition) is 1. The molecule has 2 aromatic rings. The predicted molar refractivity (Wildman–Crippen MR) is 123 cm³/mol. The quantitative estimate of drug-likeness (QED) is 0.228. The first-order valence-corrected chi connectivity index (χ1v) is 13.0. The van der Waals surface area contributed by atoms with Crippen molar-refractivity contribution in [3.8, 4) is 11.8 Å². The summed E-state index contributed by atoms with van der Waals surface area (Å²) in [5.74, 6) is 0.633. The first-order valence-electron chi connectivity index (χ1n) is 10.1. The van der Waals surface area contributed by atoms with Crippen LogP contribution in [-0.4, -0.2) is 59.7 Å². The van der Waals surface area contributed by atoms with E-state index in [0.717, 1.165) is 6.20 Å². The van der Waals surface area contributed by atoms with Gasteiger partial charge in [-0.1, -0.05) is 20.8 Å². The third kappa shape index (κ3) is 9.89. The van der Waals surface area contributed by atoms with Gasteiger partial charge in [0.2, 0.25) is 11.8 Å². The second-order valence-electron chi connectivity index (χ2n) is 8.25. The van der Waals surface area contributed by atoms with Gasteiger partial charge in [-0.25, -0.2) is 9.97 Å². The summed E-state index contributed by atoms with van der Waals surface area (Å²) in [5, 5.41) is 29.3. The Labute approximate surface area is 193 Å². The van der Waals surface area contributed by atoms with Crippen LogP contribution in [0.2, 0.25) is 18.1 Å². The van der Waals surface area contributed by atoms with Gasteiger partial charge in [0.1, 0.15) is 25.6 Å². The van der Waals surface area contributed by atoms with E-state index < -0.39 is 18.2 Å². The van der Waals surface area contributed by atoms with E-state index in [-0.39, 0.29) is 35.5 Å². The zero-order chi connectivity index (χ0) is 25.1. The first kappa shape index (κ1) is 27.9. The maximum atomic E-state index is 10.5. The molecule has 0 aromatic carbocycles. The minimum atomic E-state index is -1.76. The summed E-state index contributed by atoms with van der Waals surface area (Å²) < 4.78 is 16.3. The van der Waals surface area contributed by atoms with Gasteiger partial charge < -0.3 is 19.0 Å². The molecule has 0 aliphatic carbocycles. The van der Waals surface area contributed by atoms with Crippen molar-refractivity contribution in [2.24, 2.45) is 0 Å². The van der Waals surface area contributed by atoms with Crippen LogP contribution in [0, 0.1) is 20.2 Å². The van der Waals surface area contributed by atoms with Gasteiger partial charge in [-0.2, -0.15) is 0 Å². The third-order valence-corrected chi connectivity index (χ3v) is 9.34. The average Bonchev–Trinajstić information content (AvgIpc) is 2.75. The van der Waals surface area contributed by atoms with E-state index in [0.29, 0.717) is 19.1 Å². The van der Waals surface area contributed by atoms with Crippen molar-refractivity contribution in [3.05, 3.63) is 56.9 Å². The summed E-state index contributed by atoms with van der Waals surface area (Å²) in [6.45, 7) is 11.8. The molecule has 0 saturated carbocycles. The standard InChI is InChI=1S/C13H22N2O4Si.C7H8N2O4/c1-13(2,3)20(4,5)19-9-8-18-12-7-6-11(10-14-12)15(16)17;10-3-4-13-7-2-1-6(5-8-7)9(11)12/h6-7,10H,8-9H2,1-5H3;1-2,5,10H,3-4H2.